The van der Waals surface area contributed by atoms with Crippen LogP contribution in [0.5, 0.6) is 0 Å². The standard InChI is InChI=1S/C19H24N2/c1-3-14-13-8-10-21-11-9-19(18(14)21)15-6-4-5-7-16(15)20(2)17(19)12-13/h3-7,13,17-18H,8-12H2,1-2H3/b14-3-. The second-order valence-electron chi connectivity index (χ2n) is 7.38. The molecule has 0 radical (unpaired) electrons. The normalized spacial score (nSPS) is 42.3. The maximum Gasteiger partial charge on any atom is 0.0428 e. The SMILES string of the molecule is C/C=C1/C2CCN3CCC4(c5ccccc5N(C)C4C2)C13. The molecule has 0 amide bonds. The van der Waals surface area contributed by atoms with E-state index in [4.69, 9.17) is 0 Å². The molecule has 2 heteroatoms. The first-order valence-electron chi connectivity index (χ1n) is 8.50. The van der Waals surface area contributed by atoms with Crippen molar-refractivity contribution in [3.8, 4) is 0 Å². The summed E-state index contributed by atoms with van der Waals surface area (Å²) in [5.74, 6) is 0.823. The molecule has 0 aromatic heterocycles. The van der Waals surface area contributed by atoms with E-state index < -0.39 is 0 Å². The highest BCUT2D eigenvalue weighted by Crippen LogP contribution is 2.61. The van der Waals surface area contributed by atoms with Crippen LogP contribution in [-0.2, 0) is 5.41 Å². The van der Waals surface area contributed by atoms with Crippen LogP contribution in [0.4, 0.5) is 5.69 Å². The Morgan fingerprint density at radius 2 is 2.10 bits per heavy atom. The van der Waals surface area contributed by atoms with E-state index >= 15 is 0 Å². The van der Waals surface area contributed by atoms with Crippen molar-refractivity contribution in [3.05, 3.63) is 41.5 Å². The molecule has 1 aromatic carbocycles. The molecule has 1 aromatic rings. The summed E-state index contributed by atoms with van der Waals surface area (Å²) < 4.78 is 0. The molecule has 2 bridgehead atoms. The molecule has 4 unspecified atom stereocenters. The quantitative estimate of drug-likeness (QED) is 0.673. The molecule has 4 atom stereocenters. The number of rotatable bonds is 0. The van der Waals surface area contributed by atoms with Crippen molar-refractivity contribution in [1.82, 2.24) is 4.90 Å². The van der Waals surface area contributed by atoms with Crippen LogP contribution >= 0.6 is 0 Å². The molecule has 3 heterocycles. The Morgan fingerprint density at radius 1 is 1.24 bits per heavy atom. The van der Waals surface area contributed by atoms with Crippen LogP contribution in [0.15, 0.2) is 35.9 Å². The first-order valence-corrected chi connectivity index (χ1v) is 8.50. The van der Waals surface area contributed by atoms with Gasteiger partial charge in [0.25, 0.3) is 0 Å². The van der Waals surface area contributed by atoms with Crippen molar-refractivity contribution >= 4 is 5.69 Å². The Kier molecular flexibility index (Phi) is 2.29. The number of likely N-dealkylation sites (N-methyl/N-ethyl adjacent to an activating group) is 1. The highest BCUT2D eigenvalue weighted by molar-refractivity contribution is 5.67. The number of para-hydroxylation sites is 1. The van der Waals surface area contributed by atoms with E-state index in [2.05, 4.69) is 54.1 Å². The lowest BCUT2D eigenvalue weighted by Gasteiger charge is -2.53. The summed E-state index contributed by atoms with van der Waals surface area (Å²) >= 11 is 0. The summed E-state index contributed by atoms with van der Waals surface area (Å²) in [5, 5.41) is 0. The van der Waals surface area contributed by atoms with Gasteiger partial charge in [0.2, 0.25) is 0 Å². The Balaban J connectivity index is 1.78. The fraction of sp³-hybridized carbons (Fsp3) is 0.579. The lowest BCUT2D eigenvalue weighted by molar-refractivity contribution is 0.118. The van der Waals surface area contributed by atoms with Gasteiger partial charge in [0.1, 0.15) is 0 Å². The van der Waals surface area contributed by atoms with E-state index in [1.165, 1.54) is 38.0 Å². The predicted molar refractivity (Wildman–Crippen MR) is 86.8 cm³/mol. The van der Waals surface area contributed by atoms with Gasteiger partial charge < -0.3 is 4.90 Å². The number of nitrogens with zero attached hydrogens (tertiary/aromatic N) is 2. The van der Waals surface area contributed by atoms with E-state index in [1.54, 1.807) is 11.1 Å². The number of fused-ring (bicyclic) bond motifs is 2. The van der Waals surface area contributed by atoms with E-state index in [1.807, 2.05) is 0 Å². The van der Waals surface area contributed by atoms with Crippen LogP contribution in [0.25, 0.3) is 0 Å². The van der Waals surface area contributed by atoms with Crippen LogP contribution in [0.2, 0.25) is 0 Å². The Labute approximate surface area is 127 Å². The molecule has 1 saturated carbocycles. The van der Waals surface area contributed by atoms with Gasteiger partial charge in [-0.2, -0.15) is 0 Å². The second kappa shape index (κ2) is 3.92. The minimum Gasteiger partial charge on any atom is -0.370 e. The lowest BCUT2D eigenvalue weighted by atomic mass is 9.58. The van der Waals surface area contributed by atoms with E-state index in [0.29, 0.717) is 17.5 Å². The van der Waals surface area contributed by atoms with E-state index in [0.717, 1.165) is 5.92 Å². The molecule has 21 heavy (non-hydrogen) atoms. The van der Waals surface area contributed by atoms with E-state index in [9.17, 15) is 0 Å². The first-order chi connectivity index (χ1) is 10.3. The van der Waals surface area contributed by atoms with Crippen LogP contribution in [0, 0.1) is 5.92 Å². The highest BCUT2D eigenvalue weighted by atomic mass is 15.3. The molecule has 1 aliphatic carbocycles. The Bertz CT molecular complexity index is 634. The number of piperidine rings is 1. The molecule has 110 valence electrons. The van der Waals surface area contributed by atoms with Crippen molar-refractivity contribution in [2.75, 3.05) is 25.0 Å². The molecule has 3 fully saturated rings. The van der Waals surface area contributed by atoms with E-state index in [-0.39, 0.29) is 0 Å². The topological polar surface area (TPSA) is 6.48 Å². The third-order valence-corrected chi connectivity index (χ3v) is 6.91. The zero-order chi connectivity index (χ0) is 14.2. The van der Waals surface area contributed by atoms with Gasteiger partial charge in [-0.3, -0.25) is 4.90 Å². The van der Waals surface area contributed by atoms with Gasteiger partial charge in [0, 0.05) is 30.2 Å². The Hall–Kier alpha value is -1.28. The summed E-state index contributed by atoms with van der Waals surface area (Å²) in [7, 11) is 2.33. The number of hydrogen-bond acceptors (Lipinski definition) is 2. The van der Waals surface area contributed by atoms with Crippen LogP contribution in [0.1, 0.15) is 31.7 Å². The largest absolute Gasteiger partial charge is 0.370 e. The zero-order valence-electron chi connectivity index (χ0n) is 13.0. The van der Waals surface area contributed by atoms with Gasteiger partial charge in [-0.1, -0.05) is 29.8 Å². The van der Waals surface area contributed by atoms with Gasteiger partial charge in [0.05, 0.1) is 0 Å². The smallest absolute Gasteiger partial charge is 0.0428 e. The second-order valence-corrected chi connectivity index (χ2v) is 7.38. The van der Waals surface area contributed by atoms with Crippen LogP contribution in [-0.4, -0.2) is 37.1 Å². The average molecular weight is 280 g/mol. The van der Waals surface area contributed by atoms with Gasteiger partial charge in [-0.05, 0) is 56.8 Å². The van der Waals surface area contributed by atoms with Crippen molar-refractivity contribution in [3.63, 3.8) is 0 Å². The summed E-state index contributed by atoms with van der Waals surface area (Å²) in [6, 6.07) is 10.6. The summed E-state index contributed by atoms with van der Waals surface area (Å²) in [4.78, 5) is 5.39. The predicted octanol–water partition coefficient (Wildman–Crippen LogP) is 3.19. The third-order valence-electron chi connectivity index (χ3n) is 6.91. The van der Waals surface area contributed by atoms with Gasteiger partial charge in [-0.25, -0.2) is 0 Å². The molecule has 3 aliphatic heterocycles. The summed E-state index contributed by atoms with van der Waals surface area (Å²) in [6.45, 7) is 4.86. The molecule has 1 spiro atoms. The Morgan fingerprint density at radius 3 is 2.95 bits per heavy atom. The zero-order valence-corrected chi connectivity index (χ0v) is 13.0. The minimum absolute atomic E-state index is 0.365. The molecule has 2 nitrogen and oxygen atoms in total. The molecule has 5 rings (SSSR count). The molecular weight excluding hydrogens is 256 g/mol. The lowest BCUT2D eigenvalue weighted by Crippen LogP contribution is -2.60. The van der Waals surface area contributed by atoms with Gasteiger partial charge in [0.15, 0.2) is 0 Å². The fourth-order valence-corrected chi connectivity index (χ4v) is 6.16. The minimum atomic E-state index is 0.365. The van der Waals surface area contributed by atoms with Crippen molar-refractivity contribution in [2.45, 2.75) is 43.7 Å². The number of benzene rings is 1. The average Bonchev–Trinajstić information content (AvgIpc) is 3.04. The van der Waals surface area contributed by atoms with Gasteiger partial charge in [-0.15, -0.1) is 0 Å². The van der Waals surface area contributed by atoms with Crippen LogP contribution in [0.3, 0.4) is 0 Å². The summed E-state index contributed by atoms with van der Waals surface area (Å²) in [6.07, 6.45) is 6.52. The highest BCUT2D eigenvalue weighted by Gasteiger charge is 2.64. The van der Waals surface area contributed by atoms with Crippen molar-refractivity contribution in [2.24, 2.45) is 5.92 Å². The molecule has 2 saturated heterocycles. The molecule has 0 N–H and O–H groups in total. The summed E-state index contributed by atoms with van der Waals surface area (Å²) in [5.41, 5.74) is 5.24. The number of anilines is 1. The fourth-order valence-electron chi connectivity index (χ4n) is 6.16. The van der Waals surface area contributed by atoms with Crippen LogP contribution < -0.4 is 4.90 Å². The van der Waals surface area contributed by atoms with Crippen molar-refractivity contribution in [1.29, 1.82) is 0 Å². The maximum absolute atomic E-state index is 2.79. The number of hydrogen-bond donors (Lipinski definition) is 0. The first kappa shape index (κ1) is 12.3. The monoisotopic (exact) mass is 280 g/mol. The molecular formula is C19H24N2. The molecule has 4 aliphatic rings. The maximum atomic E-state index is 2.79. The number of allylic oxidation sites excluding steroid dienone is 1. The van der Waals surface area contributed by atoms with Gasteiger partial charge >= 0.3 is 0 Å². The third kappa shape index (κ3) is 1.25. The van der Waals surface area contributed by atoms with Crippen molar-refractivity contribution < 1.29 is 0 Å².